The van der Waals surface area contributed by atoms with Gasteiger partial charge >= 0.3 is 5.69 Å². The van der Waals surface area contributed by atoms with Gasteiger partial charge in [-0.2, -0.15) is 11.3 Å². The van der Waals surface area contributed by atoms with E-state index in [2.05, 4.69) is 25.9 Å². The van der Waals surface area contributed by atoms with Crippen LogP contribution in [0.1, 0.15) is 16.5 Å². The number of imidazole rings is 1. The highest BCUT2D eigenvalue weighted by Crippen LogP contribution is 2.36. The lowest BCUT2D eigenvalue weighted by Gasteiger charge is -2.10. The Morgan fingerprint density at radius 3 is 2.67 bits per heavy atom. The SMILES string of the molecule is O=c1[nH]c2cc(Br)c(C(Cl)c3ccsc3)cc2[nH]1. The molecular weight excluding hydrogens is 336 g/mol. The maximum atomic E-state index is 11.3. The predicted octanol–water partition coefficient (Wildman–Crippen LogP) is 4.01. The maximum Gasteiger partial charge on any atom is 0.323 e. The van der Waals surface area contributed by atoms with E-state index < -0.39 is 0 Å². The first-order chi connectivity index (χ1) is 8.65. The topological polar surface area (TPSA) is 48.6 Å². The van der Waals surface area contributed by atoms with Crippen LogP contribution in [0.2, 0.25) is 0 Å². The van der Waals surface area contributed by atoms with Gasteiger partial charge in [-0.3, -0.25) is 0 Å². The zero-order valence-electron chi connectivity index (χ0n) is 9.04. The van der Waals surface area contributed by atoms with Crippen LogP contribution in [0.4, 0.5) is 0 Å². The highest BCUT2D eigenvalue weighted by atomic mass is 79.9. The first-order valence-electron chi connectivity index (χ1n) is 5.23. The number of nitrogens with one attached hydrogen (secondary N) is 2. The highest BCUT2D eigenvalue weighted by Gasteiger charge is 2.16. The van der Waals surface area contributed by atoms with Crippen molar-refractivity contribution in [2.75, 3.05) is 0 Å². The molecule has 0 saturated carbocycles. The second-order valence-electron chi connectivity index (χ2n) is 3.92. The van der Waals surface area contributed by atoms with E-state index in [-0.39, 0.29) is 11.1 Å². The molecule has 0 aliphatic carbocycles. The highest BCUT2D eigenvalue weighted by molar-refractivity contribution is 9.10. The van der Waals surface area contributed by atoms with Gasteiger partial charge in [-0.15, -0.1) is 11.6 Å². The van der Waals surface area contributed by atoms with Crippen molar-refractivity contribution in [3.8, 4) is 0 Å². The van der Waals surface area contributed by atoms with Gasteiger partial charge in [0.1, 0.15) is 0 Å². The van der Waals surface area contributed by atoms with Crippen molar-refractivity contribution < 1.29 is 0 Å². The molecule has 0 aliphatic rings. The summed E-state index contributed by atoms with van der Waals surface area (Å²) in [6, 6.07) is 5.76. The van der Waals surface area contributed by atoms with Crippen LogP contribution in [0.15, 0.2) is 38.2 Å². The fraction of sp³-hybridized carbons (Fsp3) is 0.0833. The molecule has 0 bridgehead atoms. The van der Waals surface area contributed by atoms with Crippen molar-refractivity contribution in [1.29, 1.82) is 0 Å². The molecule has 1 atom stereocenters. The van der Waals surface area contributed by atoms with E-state index >= 15 is 0 Å². The molecule has 0 saturated heterocycles. The fourth-order valence-electron chi connectivity index (χ4n) is 1.87. The van der Waals surface area contributed by atoms with Gasteiger partial charge in [0.25, 0.3) is 0 Å². The molecule has 1 aromatic carbocycles. The molecule has 0 radical (unpaired) electrons. The van der Waals surface area contributed by atoms with Gasteiger partial charge in [-0.05, 0) is 40.1 Å². The van der Waals surface area contributed by atoms with E-state index in [1.807, 2.05) is 29.0 Å². The smallest absolute Gasteiger partial charge is 0.306 e. The lowest BCUT2D eigenvalue weighted by Crippen LogP contribution is -1.99. The van der Waals surface area contributed by atoms with Crippen LogP contribution in [0.5, 0.6) is 0 Å². The number of alkyl halides is 1. The van der Waals surface area contributed by atoms with Crippen LogP contribution in [0.25, 0.3) is 11.0 Å². The summed E-state index contributed by atoms with van der Waals surface area (Å²) in [6.07, 6.45) is 0. The average molecular weight is 344 g/mol. The number of thiophene rings is 1. The van der Waals surface area contributed by atoms with E-state index in [9.17, 15) is 4.79 Å². The van der Waals surface area contributed by atoms with Crippen molar-refractivity contribution in [2.24, 2.45) is 0 Å². The third kappa shape index (κ3) is 2.02. The third-order valence-electron chi connectivity index (χ3n) is 2.74. The monoisotopic (exact) mass is 342 g/mol. The molecule has 2 heterocycles. The predicted molar refractivity (Wildman–Crippen MR) is 78.6 cm³/mol. The molecule has 6 heteroatoms. The van der Waals surface area contributed by atoms with Gasteiger partial charge in [0.15, 0.2) is 0 Å². The third-order valence-corrected chi connectivity index (χ3v) is 4.62. The maximum absolute atomic E-state index is 11.3. The van der Waals surface area contributed by atoms with Gasteiger partial charge in [0, 0.05) is 4.47 Å². The number of hydrogen-bond donors (Lipinski definition) is 2. The Balaban J connectivity index is 2.16. The summed E-state index contributed by atoms with van der Waals surface area (Å²) in [5.74, 6) is 0. The fourth-order valence-corrected chi connectivity index (χ4v) is 3.65. The Hall–Kier alpha value is -1.04. The Kier molecular flexibility index (Phi) is 3.05. The summed E-state index contributed by atoms with van der Waals surface area (Å²) in [7, 11) is 0. The quantitative estimate of drug-likeness (QED) is 0.679. The number of halogens is 2. The molecule has 0 spiro atoms. The number of benzene rings is 1. The van der Waals surface area contributed by atoms with Crippen LogP contribution >= 0.6 is 38.9 Å². The Morgan fingerprint density at radius 1 is 1.28 bits per heavy atom. The summed E-state index contributed by atoms with van der Waals surface area (Å²) in [6.45, 7) is 0. The molecule has 92 valence electrons. The van der Waals surface area contributed by atoms with Crippen molar-refractivity contribution >= 4 is 49.9 Å². The zero-order valence-corrected chi connectivity index (χ0v) is 12.2. The summed E-state index contributed by atoms with van der Waals surface area (Å²) >= 11 is 11.6. The Labute approximate surface area is 120 Å². The second-order valence-corrected chi connectivity index (χ2v) is 5.99. The average Bonchev–Trinajstić information content (AvgIpc) is 2.94. The standard InChI is InChI=1S/C12H8BrClN2OS/c13-8-4-10-9(15-12(17)16-10)3-7(8)11(14)6-1-2-18-5-6/h1-5,11H,(H2,15,16,17). The zero-order chi connectivity index (χ0) is 12.7. The van der Waals surface area contributed by atoms with E-state index in [1.54, 1.807) is 11.3 Å². The normalized spacial score (nSPS) is 13.0. The number of fused-ring (bicyclic) bond motifs is 1. The van der Waals surface area contributed by atoms with E-state index in [0.29, 0.717) is 0 Å². The molecule has 3 nitrogen and oxygen atoms in total. The van der Waals surface area contributed by atoms with Gasteiger partial charge in [-0.25, -0.2) is 4.79 Å². The number of aromatic amines is 2. The molecule has 0 aliphatic heterocycles. The van der Waals surface area contributed by atoms with Gasteiger partial charge < -0.3 is 9.97 Å². The van der Waals surface area contributed by atoms with Gasteiger partial charge in [0.05, 0.1) is 16.4 Å². The lowest BCUT2D eigenvalue weighted by molar-refractivity contribution is 1.15. The molecule has 3 aromatic rings. The molecular formula is C12H8BrClN2OS. The molecule has 3 rings (SSSR count). The molecule has 0 fully saturated rings. The van der Waals surface area contributed by atoms with Crippen LogP contribution in [0, 0.1) is 0 Å². The first-order valence-corrected chi connectivity index (χ1v) is 7.40. The summed E-state index contributed by atoms with van der Waals surface area (Å²) in [5.41, 5.74) is 3.32. The van der Waals surface area contributed by atoms with Crippen molar-refractivity contribution in [1.82, 2.24) is 9.97 Å². The van der Waals surface area contributed by atoms with Crippen LogP contribution in [0.3, 0.4) is 0 Å². The Morgan fingerprint density at radius 2 is 2.00 bits per heavy atom. The molecule has 18 heavy (non-hydrogen) atoms. The number of H-pyrrole nitrogens is 2. The van der Waals surface area contributed by atoms with Crippen molar-refractivity contribution in [3.63, 3.8) is 0 Å². The van der Waals surface area contributed by atoms with Crippen LogP contribution in [-0.2, 0) is 0 Å². The van der Waals surface area contributed by atoms with Crippen LogP contribution < -0.4 is 5.69 Å². The lowest BCUT2D eigenvalue weighted by atomic mass is 10.1. The molecule has 2 aromatic heterocycles. The van der Waals surface area contributed by atoms with Crippen LogP contribution in [-0.4, -0.2) is 9.97 Å². The summed E-state index contributed by atoms with van der Waals surface area (Å²) in [4.78, 5) is 16.7. The van der Waals surface area contributed by atoms with Crippen molar-refractivity contribution in [3.05, 3.63) is 55.0 Å². The second kappa shape index (κ2) is 4.57. The summed E-state index contributed by atoms with van der Waals surface area (Å²) < 4.78 is 0.886. The Bertz CT molecular complexity index is 747. The van der Waals surface area contributed by atoms with E-state index in [0.717, 1.165) is 26.6 Å². The molecule has 2 N–H and O–H groups in total. The van der Waals surface area contributed by atoms with Crippen molar-refractivity contribution in [2.45, 2.75) is 5.38 Å². The number of aromatic nitrogens is 2. The van der Waals surface area contributed by atoms with Gasteiger partial charge in [0.2, 0.25) is 0 Å². The minimum atomic E-state index is -0.228. The van der Waals surface area contributed by atoms with E-state index in [1.165, 1.54) is 0 Å². The number of rotatable bonds is 2. The molecule has 0 amide bonds. The minimum absolute atomic E-state index is 0.212. The largest absolute Gasteiger partial charge is 0.323 e. The minimum Gasteiger partial charge on any atom is -0.306 e. The van der Waals surface area contributed by atoms with E-state index in [4.69, 9.17) is 11.6 Å². The molecule has 1 unspecified atom stereocenters. The first kappa shape index (κ1) is 12.0. The number of hydrogen-bond acceptors (Lipinski definition) is 2. The van der Waals surface area contributed by atoms with Gasteiger partial charge in [-0.1, -0.05) is 15.9 Å². The summed E-state index contributed by atoms with van der Waals surface area (Å²) in [5, 5.41) is 3.79.